The number of aromatic nitrogens is 1. The van der Waals surface area contributed by atoms with Gasteiger partial charge in [0.15, 0.2) is 0 Å². The monoisotopic (exact) mass is 974 g/mol. The summed E-state index contributed by atoms with van der Waals surface area (Å²) in [5.74, 6) is 0. The Morgan fingerprint density at radius 1 is 0.307 bits per heavy atom. The van der Waals surface area contributed by atoms with Gasteiger partial charge in [0.2, 0.25) is 0 Å². The third kappa shape index (κ3) is 8.63. The van der Waals surface area contributed by atoms with Crippen molar-refractivity contribution in [1.29, 1.82) is 0 Å². The number of pyridine rings is 1. The lowest BCUT2D eigenvalue weighted by molar-refractivity contribution is 0.568. The van der Waals surface area contributed by atoms with Crippen molar-refractivity contribution in [2.45, 2.75) is 105 Å². The van der Waals surface area contributed by atoms with Crippen molar-refractivity contribution in [3.8, 4) is 33.6 Å². The van der Waals surface area contributed by atoms with Gasteiger partial charge in [-0.3, -0.25) is 0 Å². The number of rotatable bonds is 5. The molecule has 0 amide bonds. The van der Waals surface area contributed by atoms with Gasteiger partial charge in [-0.1, -0.05) is 217 Å². The number of nitrogens with zero attached hydrogens (tertiary/aromatic N) is 3. The van der Waals surface area contributed by atoms with Crippen LogP contribution in [0, 0.1) is 0 Å². The van der Waals surface area contributed by atoms with E-state index in [4.69, 9.17) is 4.98 Å². The highest BCUT2D eigenvalue weighted by molar-refractivity contribution is 7.00. The standard InChI is InChI=1S/C71H68BN3/c1-68(2,3)53-39-54(69(4,5)6)42-57(41-53)74-63-35-49-29-21-19-27-47(49)31-59(63)72-60-32-48-28-20-22-30-50(48)36-64(60)75(58-43-55(70(7,8)9)40-56(44-58)71(10,11)12)66-38-52(37-65(74)67(66)72)51-33-61(45-23-15-13-16-24-45)73-62(34-51)46-25-17-14-18-26-46/h13-44H,1-12H3. The summed E-state index contributed by atoms with van der Waals surface area (Å²) in [5.41, 5.74) is 22.3. The Hall–Kier alpha value is -7.69. The minimum atomic E-state index is -0.0971. The Morgan fingerprint density at radius 2 is 0.627 bits per heavy atom. The van der Waals surface area contributed by atoms with Crippen molar-refractivity contribution < 1.29 is 0 Å². The van der Waals surface area contributed by atoms with Crippen LogP contribution in [0.1, 0.15) is 105 Å². The van der Waals surface area contributed by atoms with Crippen molar-refractivity contribution in [3.05, 3.63) is 216 Å². The van der Waals surface area contributed by atoms with Crippen LogP contribution in [0.3, 0.4) is 0 Å². The van der Waals surface area contributed by atoms with Crippen LogP contribution >= 0.6 is 0 Å². The van der Waals surface area contributed by atoms with E-state index in [0.29, 0.717) is 0 Å². The quantitative estimate of drug-likeness (QED) is 0.160. The molecule has 1 aromatic heterocycles. The Bertz CT molecular complexity index is 3570. The van der Waals surface area contributed by atoms with E-state index in [1.54, 1.807) is 0 Å². The van der Waals surface area contributed by atoms with Gasteiger partial charge < -0.3 is 9.80 Å². The van der Waals surface area contributed by atoms with E-state index in [-0.39, 0.29) is 28.4 Å². The Morgan fingerprint density at radius 3 is 0.973 bits per heavy atom. The molecule has 2 aliphatic rings. The Balaban J connectivity index is 1.27. The van der Waals surface area contributed by atoms with Crippen LogP contribution in [-0.2, 0) is 21.7 Å². The molecular weight excluding hydrogens is 906 g/mol. The highest BCUT2D eigenvalue weighted by atomic mass is 15.2. The smallest absolute Gasteiger partial charge is 0.252 e. The maximum atomic E-state index is 5.40. The number of fused-ring (bicyclic) bond motifs is 6. The predicted octanol–water partition coefficient (Wildman–Crippen LogP) is 17.7. The second kappa shape index (κ2) is 17.5. The van der Waals surface area contributed by atoms with Crippen LogP contribution in [0.5, 0.6) is 0 Å². The zero-order chi connectivity index (χ0) is 52.3. The molecule has 0 saturated carbocycles. The average molecular weight is 974 g/mol. The summed E-state index contributed by atoms with van der Waals surface area (Å²) in [4.78, 5) is 10.7. The van der Waals surface area contributed by atoms with Crippen molar-refractivity contribution >= 4 is 78.8 Å². The molecule has 0 fully saturated rings. The molecule has 0 spiro atoms. The molecule has 9 aromatic carbocycles. The van der Waals surface area contributed by atoms with Crippen molar-refractivity contribution in [2.24, 2.45) is 0 Å². The summed E-state index contributed by atoms with van der Waals surface area (Å²) in [5, 5.41) is 4.94. The SMILES string of the molecule is CC(C)(C)c1cc(N2c3cc4ccccc4cc3B3c4cc5ccccc5cc4N(c4cc(C(C)(C)C)cc(C(C)(C)C)c4)c4cc(-c5cc(-c6ccccc6)nc(-c6ccccc6)c5)cc2c43)cc(C(C)(C)C)c1. The molecule has 4 heteroatoms. The van der Waals surface area contributed by atoms with Crippen LogP contribution in [0.25, 0.3) is 55.2 Å². The number of hydrogen-bond acceptors (Lipinski definition) is 3. The molecular formula is C71H68BN3. The van der Waals surface area contributed by atoms with E-state index >= 15 is 0 Å². The van der Waals surface area contributed by atoms with Crippen LogP contribution in [0.15, 0.2) is 194 Å². The first-order valence-electron chi connectivity index (χ1n) is 27.0. The highest BCUT2D eigenvalue weighted by Crippen LogP contribution is 2.50. The van der Waals surface area contributed by atoms with Crippen LogP contribution in [0.2, 0.25) is 0 Å². The predicted molar refractivity (Wildman–Crippen MR) is 324 cm³/mol. The van der Waals surface area contributed by atoms with Crippen molar-refractivity contribution in [1.82, 2.24) is 4.98 Å². The topological polar surface area (TPSA) is 19.4 Å². The average Bonchev–Trinajstić information content (AvgIpc) is 3.42. The molecule has 0 bridgehead atoms. The molecule has 0 saturated heterocycles. The third-order valence-corrected chi connectivity index (χ3v) is 15.9. The van der Waals surface area contributed by atoms with Gasteiger partial charge in [-0.2, -0.15) is 0 Å². The maximum absolute atomic E-state index is 5.40. The zero-order valence-electron chi connectivity index (χ0n) is 45.9. The molecule has 0 aliphatic carbocycles. The minimum Gasteiger partial charge on any atom is -0.311 e. The van der Waals surface area contributed by atoms with Gasteiger partial charge in [0.25, 0.3) is 6.71 Å². The van der Waals surface area contributed by atoms with E-state index in [2.05, 4.69) is 287 Å². The van der Waals surface area contributed by atoms with E-state index < -0.39 is 0 Å². The normalized spacial score (nSPS) is 13.5. The summed E-state index contributed by atoms with van der Waals surface area (Å²) in [6, 6.07) is 73.6. The summed E-state index contributed by atoms with van der Waals surface area (Å²) in [7, 11) is 0. The summed E-state index contributed by atoms with van der Waals surface area (Å²) in [6.45, 7) is 28.1. The van der Waals surface area contributed by atoms with Crippen LogP contribution in [0.4, 0.5) is 34.1 Å². The van der Waals surface area contributed by atoms with E-state index in [1.165, 1.54) is 94.3 Å². The summed E-state index contributed by atoms with van der Waals surface area (Å²) in [6.07, 6.45) is 0. The van der Waals surface area contributed by atoms with Crippen molar-refractivity contribution in [3.63, 3.8) is 0 Å². The maximum Gasteiger partial charge on any atom is 0.252 e. The van der Waals surface area contributed by atoms with E-state index in [1.807, 2.05) is 0 Å². The van der Waals surface area contributed by atoms with Crippen LogP contribution in [-0.4, -0.2) is 11.7 Å². The lowest BCUT2D eigenvalue weighted by Crippen LogP contribution is -2.61. The van der Waals surface area contributed by atoms with Gasteiger partial charge in [-0.05, 0) is 154 Å². The molecule has 0 unspecified atom stereocenters. The van der Waals surface area contributed by atoms with Gasteiger partial charge in [-0.25, -0.2) is 4.98 Å². The first-order valence-corrected chi connectivity index (χ1v) is 27.0. The van der Waals surface area contributed by atoms with Gasteiger partial charge >= 0.3 is 0 Å². The number of benzene rings is 9. The number of anilines is 6. The fourth-order valence-corrected chi connectivity index (χ4v) is 11.5. The van der Waals surface area contributed by atoms with E-state index in [0.717, 1.165) is 33.6 Å². The molecule has 3 heterocycles. The van der Waals surface area contributed by atoms with Gasteiger partial charge in [0.05, 0.1) is 11.4 Å². The minimum absolute atomic E-state index is 0.0752. The molecule has 10 aromatic rings. The Labute approximate surface area is 446 Å². The molecule has 75 heavy (non-hydrogen) atoms. The molecule has 0 N–H and O–H groups in total. The van der Waals surface area contributed by atoms with Crippen molar-refractivity contribution in [2.75, 3.05) is 9.80 Å². The lowest BCUT2D eigenvalue weighted by atomic mass is 9.33. The number of hydrogen-bond donors (Lipinski definition) is 0. The summed E-state index contributed by atoms with van der Waals surface area (Å²) < 4.78 is 0. The van der Waals surface area contributed by atoms with Crippen LogP contribution < -0.4 is 26.2 Å². The third-order valence-electron chi connectivity index (χ3n) is 15.9. The fourth-order valence-electron chi connectivity index (χ4n) is 11.5. The highest BCUT2D eigenvalue weighted by Gasteiger charge is 2.45. The molecule has 12 rings (SSSR count). The van der Waals surface area contributed by atoms with Gasteiger partial charge in [-0.15, -0.1) is 0 Å². The molecule has 0 atom stereocenters. The second-order valence-electron chi connectivity index (χ2n) is 25.4. The van der Waals surface area contributed by atoms with Gasteiger partial charge in [0, 0.05) is 45.3 Å². The zero-order valence-corrected chi connectivity index (χ0v) is 45.9. The largest absolute Gasteiger partial charge is 0.311 e. The Kier molecular flexibility index (Phi) is 11.2. The summed E-state index contributed by atoms with van der Waals surface area (Å²) >= 11 is 0. The lowest BCUT2D eigenvalue weighted by Gasteiger charge is -2.45. The first-order chi connectivity index (χ1) is 35.7. The molecule has 3 nitrogen and oxygen atoms in total. The van der Waals surface area contributed by atoms with Gasteiger partial charge in [0.1, 0.15) is 0 Å². The van der Waals surface area contributed by atoms with E-state index in [9.17, 15) is 0 Å². The molecule has 2 aliphatic heterocycles. The first kappa shape index (κ1) is 48.3. The fraction of sp³-hybridized carbons (Fsp3) is 0.225. The second-order valence-corrected chi connectivity index (χ2v) is 25.4. The molecule has 0 radical (unpaired) electrons. The molecule has 370 valence electrons.